The summed E-state index contributed by atoms with van der Waals surface area (Å²) >= 11 is 0. The van der Waals surface area contributed by atoms with Crippen molar-refractivity contribution in [3.63, 3.8) is 0 Å². The zero-order valence-electron chi connectivity index (χ0n) is 32.0. The van der Waals surface area contributed by atoms with E-state index in [1.54, 1.807) is 4.90 Å². The van der Waals surface area contributed by atoms with E-state index in [2.05, 4.69) is 30.0 Å². The number of hydrogen-bond donors (Lipinski definition) is 2. The van der Waals surface area contributed by atoms with Gasteiger partial charge in [-0.25, -0.2) is 13.2 Å². The van der Waals surface area contributed by atoms with Gasteiger partial charge in [0.05, 0.1) is 30.7 Å². The Hall–Kier alpha value is -3.68. The Kier molecular flexibility index (Phi) is 10.7. The minimum Gasteiger partial charge on any atom is -0.465 e. The average molecular weight is 757 g/mol. The van der Waals surface area contributed by atoms with E-state index in [-0.39, 0.29) is 43.7 Å². The molecule has 0 unspecified atom stereocenters. The van der Waals surface area contributed by atoms with Crippen molar-refractivity contribution < 1.29 is 41.9 Å². The summed E-state index contributed by atoms with van der Waals surface area (Å²) in [5, 5.41) is 2.23. The SMILES string of the molecule is CC[C@@H]1C[C@]1(NC(=O)[C@@H]1C[C@@H]2CN1C(=O)[C@H](C(C)(C)C)CC(=O)OCC(C)(C)CCCCc1cccc3c1CN(C3)C(=O)O2)C(=O)NS(=O)(=O)C1CC1. The fourth-order valence-corrected chi connectivity index (χ4v) is 9.56. The average Bonchev–Trinajstić information content (AvgIpc) is 3.97. The van der Waals surface area contributed by atoms with Crippen LogP contribution in [0.5, 0.6) is 0 Å². The van der Waals surface area contributed by atoms with Crippen LogP contribution in [0.4, 0.5) is 4.79 Å². The summed E-state index contributed by atoms with van der Waals surface area (Å²) in [7, 11) is -3.87. The molecule has 13 nitrogen and oxygen atoms in total. The number of hydrogen-bond acceptors (Lipinski definition) is 9. The molecule has 1 saturated heterocycles. The van der Waals surface area contributed by atoms with Crippen molar-refractivity contribution in [3.8, 4) is 0 Å². The number of benzene rings is 1. The van der Waals surface area contributed by atoms with Gasteiger partial charge in [0.2, 0.25) is 21.8 Å². The van der Waals surface area contributed by atoms with Crippen LogP contribution >= 0.6 is 0 Å². The number of nitrogens with zero attached hydrogens (tertiary/aromatic N) is 2. The Morgan fingerprint density at radius 1 is 1.04 bits per heavy atom. The number of carbonyl (C=O) groups excluding carboxylic acids is 5. The molecule has 53 heavy (non-hydrogen) atoms. The lowest BCUT2D eigenvalue weighted by Crippen LogP contribution is -2.57. The molecule has 1 aromatic carbocycles. The predicted octanol–water partition coefficient (Wildman–Crippen LogP) is 4.35. The molecule has 0 aromatic heterocycles. The van der Waals surface area contributed by atoms with Gasteiger partial charge in [0.1, 0.15) is 17.7 Å². The van der Waals surface area contributed by atoms with Crippen molar-refractivity contribution in [1.82, 2.24) is 19.8 Å². The van der Waals surface area contributed by atoms with E-state index in [0.717, 1.165) is 36.8 Å². The van der Waals surface area contributed by atoms with Crippen LogP contribution in [0.2, 0.25) is 0 Å². The second kappa shape index (κ2) is 14.5. The molecule has 5 aliphatic rings. The number of ether oxygens (including phenoxy) is 2. The van der Waals surface area contributed by atoms with Gasteiger partial charge in [-0.3, -0.25) is 28.8 Å². The molecule has 2 N–H and O–H groups in total. The van der Waals surface area contributed by atoms with Crippen LogP contribution in [-0.4, -0.2) is 84.1 Å². The highest BCUT2D eigenvalue weighted by molar-refractivity contribution is 7.91. The summed E-state index contributed by atoms with van der Waals surface area (Å²) in [5.74, 6) is -3.55. The summed E-state index contributed by atoms with van der Waals surface area (Å²) in [6, 6.07) is 4.98. The maximum absolute atomic E-state index is 14.6. The van der Waals surface area contributed by atoms with E-state index in [1.165, 1.54) is 10.5 Å². The number of carbonyl (C=O) groups is 5. The first-order chi connectivity index (χ1) is 24.8. The summed E-state index contributed by atoms with van der Waals surface area (Å²) < 4.78 is 39.4. The summed E-state index contributed by atoms with van der Waals surface area (Å²) in [4.78, 5) is 72.4. The molecule has 3 aliphatic heterocycles. The summed E-state index contributed by atoms with van der Waals surface area (Å²) in [6.07, 6.45) is 3.68. The summed E-state index contributed by atoms with van der Waals surface area (Å²) in [6.45, 7) is 12.4. The van der Waals surface area contributed by atoms with E-state index in [4.69, 9.17) is 9.47 Å². The third-order valence-corrected chi connectivity index (χ3v) is 13.7. The quantitative estimate of drug-likeness (QED) is 0.401. The van der Waals surface area contributed by atoms with E-state index in [0.29, 0.717) is 32.4 Å². The van der Waals surface area contributed by atoms with Crippen molar-refractivity contribution in [2.75, 3.05) is 13.2 Å². The van der Waals surface area contributed by atoms with Gasteiger partial charge < -0.3 is 19.7 Å². The van der Waals surface area contributed by atoms with Crippen LogP contribution in [0.25, 0.3) is 0 Å². The number of esters is 1. The molecular formula is C39H56N4O9S. The largest absolute Gasteiger partial charge is 0.465 e. The van der Waals surface area contributed by atoms with Crippen molar-refractivity contribution in [3.05, 3.63) is 34.9 Å². The van der Waals surface area contributed by atoms with E-state index < -0.39 is 74.1 Å². The normalized spacial score (nSPS) is 29.6. The third-order valence-electron chi connectivity index (χ3n) is 11.9. The van der Waals surface area contributed by atoms with E-state index in [9.17, 15) is 32.4 Å². The Morgan fingerprint density at radius 3 is 2.42 bits per heavy atom. The number of cyclic esters (lactones) is 1. The van der Waals surface area contributed by atoms with Gasteiger partial charge in [0.25, 0.3) is 5.91 Å². The smallest absolute Gasteiger partial charge is 0.410 e. The van der Waals surface area contributed by atoms with E-state index >= 15 is 0 Å². The van der Waals surface area contributed by atoms with Crippen LogP contribution in [0, 0.1) is 22.7 Å². The van der Waals surface area contributed by atoms with Crippen LogP contribution < -0.4 is 10.0 Å². The Labute approximate surface area is 313 Å². The van der Waals surface area contributed by atoms with Gasteiger partial charge in [-0.15, -0.1) is 0 Å². The number of fused-ring (bicyclic) bond motifs is 3. The van der Waals surface area contributed by atoms with Crippen molar-refractivity contribution in [1.29, 1.82) is 0 Å². The molecule has 5 atom stereocenters. The minimum absolute atomic E-state index is 0.0281. The molecule has 3 fully saturated rings. The Bertz CT molecular complexity index is 1750. The lowest BCUT2D eigenvalue weighted by atomic mass is 9.77. The number of rotatable bonds is 6. The number of sulfonamides is 1. The number of nitrogens with one attached hydrogen (secondary N) is 2. The highest BCUT2D eigenvalue weighted by Crippen LogP contribution is 2.47. The lowest BCUT2D eigenvalue weighted by molar-refractivity contribution is -0.155. The van der Waals surface area contributed by atoms with E-state index in [1.807, 2.05) is 39.8 Å². The molecular weight excluding hydrogens is 701 g/mol. The second-order valence-electron chi connectivity index (χ2n) is 17.8. The molecule has 4 amide bonds. The number of aryl methyl sites for hydroxylation is 1. The third kappa shape index (κ3) is 8.52. The Balaban J connectivity index is 1.28. The first kappa shape index (κ1) is 39.0. The molecule has 4 bridgehead atoms. The second-order valence-corrected chi connectivity index (χ2v) is 19.7. The predicted molar refractivity (Wildman–Crippen MR) is 195 cm³/mol. The molecule has 292 valence electrons. The number of amides is 4. The molecule has 1 aromatic rings. The highest BCUT2D eigenvalue weighted by Gasteiger charge is 2.62. The van der Waals surface area contributed by atoms with Crippen molar-refractivity contribution in [2.45, 2.75) is 142 Å². The van der Waals surface area contributed by atoms with Gasteiger partial charge in [-0.1, -0.05) is 72.6 Å². The molecule has 3 heterocycles. The molecule has 2 saturated carbocycles. The zero-order chi connectivity index (χ0) is 38.5. The van der Waals surface area contributed by atoms with Crippen molar-refractivity contribution >= 4 is 39.8 Å². The summed E-state index contributed by atoms with van der Waals surface area (Å²) in [5.41, 5.74) is 0.935. The van der Waals surface area contributed by atoms with Gasteiger partial charge >= 0.3 is 12.1 Å². The van der Waals surface area contributed by atoms with Crippen LogP contribution in [0.1, 0.15) is 116 Å². The molecule has 0 spiro atoms. The van der Waals surface area contributed by atoms with Crippen molar-refractivity contribution in [2.24, 2.45) is 22.7 Å². The van der Waals surface area contributed by atoms with Crippen LogP contribution in [-0.2, 0) is 58.2 Å². The highest BCUT2D eigenvalue weighted by atomic mass is 32.2. The van der Waals surface area contributed by atoms with Gasteiger partial charge in [0, 0.05) is 19.5 Å². The topological polar surface area (TPSA) is 168 Å². The molecule has 14 heteroatoms. The minimum atomic E-state index is -3.87. The molecule has 6 rings (SSSR count). The maximum atomic E-state index is 14.6. The van der Waals surface area contributed by atoms with Crippen LogP contribution in [0.15, 0.2) is 18.2 Å². The Morgan fingerprint density at radius 2 is 1.75 bits per heavy atom. The zero-order valence-corrected chi connectivity index (χ0v) is 32.8. The standard InChI is InChI=1S/C39H56N4O9S/c1-7-26-19-39(26,35(47)41-53(49,50)28-14-15-28)40-33(45)31-17-27-21-43(31)34(46)30(37(2,3)4)18-32(44)51-23-38(5,6)16-9-8-11-24-12-10-13-25-20-42(22-29(24)25)36(48)52-27/h10,12-13,26-28,30-31H,7-9,11,14-23H2,1-6H3,(H,40,45)(H,41,47)/t26-,27-,30-,31+,39-/m1/s1. The van der Waals surface area contributed by atoms with Gasteiger partial charge in [0.15, 0.2) is 0 Å². The molecule has 2 aliphatic carbocycles. The fraction of sp³-hybridized carbons (Fsp3) is 0.718. The van der Waals surface area contributed by atoms with Gasteiger partial charge in [-0.2, -0.15) is 0 Å². The molecule has 0 radical (unpaired) electrons. The first-order valence-corrected chi connectivity index (χ1v) is 20.8. The van der Waals surface area contributed by atoms with Crippen LogP contribution in [0.3, 0.4) is 0 Å². The monoisotopic (exact) mass is 756 g/mol. The lowest BCUT2D eigenvalue weighted by Gasteiger charge is -2.35. The van der Waals surface area contributed by atoms with Gasteiger partial charge in [-0.05, 0) is 72.0 Å². The first-order valence-electron chi connectivity index (χ1n) is 19.2. The maximum Gasteiger partial charge on any atom is 0.410 e. The fourth-order valence-electron chi connectivity index (χ4n) is 8.20.